The highest BCUT2D eigenvalue weighted by atomic mass is 35.5. The van der Waals surface area contributed by atoms with Crippen LogP contribution in [0.5, 0.6) is 0 Å². The number of nitrogens with zero attached hydrogens (tertiary/aromatic N) is 2. The molecule has 0 fully saturated rings. The van der Waals surface area contributed by atoms with Gasteiger partial charge in [-0.1, -0.05) is 29.8 Å². The molecule has 1 atom stereocenters. The van der Waals surface area contributed by atoms with Crippen molar-refractivity contribution < 1.29 is 24.2 Å². The number of carbonyl (C=O) groups excluding carboxylic acids is 2. The van der Waals surface area contributed by atoms with Gasteiger partial charge in [0.2, 0.25) is 0 Å². The van der Waals surface area contributed by atoms with Crippen LogP contribution in [0.25, 0.3) is 0 Å². The summed E-state index contributed by atoms with van der Waals surface area (Å²) in [5.41, 5.74) is 1.76. The molecular weight excluding hydrogens is 492 g/mol. The molecule has 1 amide bonds. The first-order valence-corrected chi connectivity index (χ1v) is 12.1. The molecular formula is C29H25ClN2O5. The lowest BCUT2D eigenvalue weighted by atomic mass is 9.88. The average molecular weight is 517 g/mol. The van der Waals surface area contributed by atoms with Gasteiger partial charge in [-0.05, 0) is 79.4 Å². The van der Waals surface area contributed by atoms with E-state index in [1.807, 2.05) is 24.3 Å². The summed E-state index contributed by atoms with van der Waals surface area (Å²) in [6, 6.07) is 16.7. The Labute approximate surface area is 219 Å². The second-order valence-electron chi connectivity index (χ2n) is 8.50. The molecule has 7 nitrogen and oxygen atoms in total. The maximum Gasteiger partial charge on any atom is 0.335 e. The fourth-order valence-corrected chi connectivity index (χ4v) is 4.38. The van der Waals surface area contributed by atoms with Crippen molar-refractivity contribution in [3.63, 3.8) is 0 Å². The van der Waals surface area contributed by atoms with Gasteiger partial charge < -0.3 is 9.84 Å². The van der Waals surface area contributed by atoms with Gasteiger partial charge in [0, 0.05) is 17.4 Å². The van der Waals surface area contributed by atoms with Crippen molar-refractivity contribution in [1.29, 1.82) is 0 Å². The Hall–Kier alpha value is -4.23. The number of halogens is 1. The van der Waals surface area contributed by atoms with E-state index in [2.05, 4.69) is 4.98 Å². The SMILES string of the molecule is COC1=CC=C(N(C(=O)c2cccnc2)c2cccc(C(=O)O)c2)C(=O)C1CCCc1ccc(Cl)cc1. The van der Waals surface area contributed by atoms with Gasteiger partial charge in [-0.25, -0.2) is 4.79 Å². The van der Waals surface area contributed by atoms with E-state index >= 15 is 0 Å². The van der Waals surface area contributed by atoms with E-state index in [0.717, 1.165) is 12.0 Å². The number of aromatic nitrogens is 1. The molecule has 1 heterocycles. The van der Waals surface area contributed by atoms with Gasteiger partial charge in [0.1, 0.15) is 5.76 Å². The zero-order chi connectivity index (χ0) is 26.4. The quantitative estimate of drug-likeness (QED) is 0.391. The average Bonchev–Trinajstić information content (AvgIpc) is 2.92. The van der Waals surface area contributed by atoms with Gasteiger partial charge >= 0.3 is 5.97 Å². The van der Waals surface area contributed by atoms with Gasteiger partial charge in [0.05, 0.1) is 35.5 Å². The van der Waals surface area contributed by atoms with E-state index in [9.17, 15) is 19.5 Å². The second kappa shape index (κ2) is 11.7. The molecule has 1 aliphatic rings. The van der Waals surface area contributed by atoms with Gasteiger partial charge in [-0.2, -0.15) is 0 Å². The standard InChI is InChI=1S/C29H25ClN2O5/c1-37-26-15-14-25(27(33)24(26)9-2-5-19-10-12-22(30)13-11-19)32(28(34)21-7-4-16-31-18-21)23-8-3-6-20(17-23)29(35)36/h3-4,6-8,10-18,24H,2,5,9H2,1H3,(H,35,36). The Morgan fingerprint density at radius 3 is 2.49 bits per heavy atom. The lowest BCUT2D eigenvalue weighted by Crippen LogP contribution is -2.38. The molecule has 1 unspecified atom stereocenters. The number of aryl methyl sites for hydroxylation is 1. The number of carboxylic acids is 1. The van der Waals surface area contributed by atoms with Crippen molar-refractivity contribution in [3.05, 3.63) is 118 Å². The third kappa shape index (κ3) is 5.95. The number of anilines is 1. The van der Waals surface area contributed by atoms with Crippen LogP contribution in [0.3, 0.4) is 0 Å². The van der Waals surface area contributed by atoms with Crippen LogP contribution in [0.4, 0.5) is 5.69 Å². The van der Waals surface area contributed by atoms with Gasteiger partial charge in [-0.15, -0.1) is 0 Å². The third-order valence-electron chi connectivity index (χ3n) is 6.13. The van der Waals surface area contributed by atoms with Crippen LogP contribution in [0.2, 0.25) is 5.02 Å². The number of pyridine rings is 1. The number of aromatic carboxylic acids is 1. The maximum absolute atomic E-state index is 13.8. The summed E-state index contributed by atoms with van der Waals surface area (Å²) in [4.78, 5) is 44.3. The Balaban J connectivity index is 1.66. The van der Waals surface area contributed by atoms with Crippen molar-refractivity contribution >= 4 is 34.9 Å². The van der Waals surface area contributed by atoms with Crippen molar-refractivity contribution in [1.82, 2.24) is 4.98 Å². The van der Waals surface area contributed by atoms with Gasteiger partial charge in [-0.3, -0.25) is 19.5 Å². The molecule has 0 radical (unpaired) electrons. The van der Waals surface area contributed by atoms with Crippen LogP contribution in [-0.2, 0) is 16.0 Å². The zero-order valence-electron chi connectivity index (χ0n) is 20.1. The number of ketones is 1. The van der Waals surface area contributed by atoms with E-state index in [0.29, 0.717) is 23.6 Å². The number of hydrogen-bond acceptors (Lipinski definition) is 5. The molecule has 0 saturated heterocycles. The summed E-state index contributed by atoms with van der Waals surface area (Å²) in [5.74, 6) is -2.00. The molecule has 4 rings (SSSR count). The number of allylic oxidation sites excluding steroid dienone is 4. The number of Topliss-reactive ketones (excluding diaryl/α,β-unsaturated/α-hetero) is 1. The Morgan fingerprint density at radius 2 is 1.81 bits per heavy atom. The Kier molecular flexibility index (Phi) is 8.15. The molecule has 37 heavy (non-hydrogen) atoms. The zero-order valence-corrected chi connectivity index (χ0v) is 20.9. The summed E-state index contributed by atoms with van der Waals surface area (Å²) in [5, 5.41) is 10.2. The minimum absolute atomic E-state index is 0.00187. The molecule has 1 N–H and O–H groups in total. The summed E-state index contributed by atoms with van der Waals surface area (Å²) < 4.78 is 5.51. The van der Waals surface area contributed by atoms with E-state index < -0.39 is 17.8 Å². The molecule has 0 bridgehead atoms. The first kappa shape index (κ1) is 25.9. The summed E-state index contributed by atoms with van der Waals surface area (Å²) in [7, 11) is 1.51. The van der Waals surface area contributed by atoms with Crippen LogP contribution >= 0.6 is 11.6 Å². The van der Waals surface area contributed by atoms with E-state index in [-0.39, 0.29) is 28.3 Å². The number of hydrogen-bond donors (Lipinski definition) is 1. The van der Waals surface area contributed by atoms with Crippen molar-refractivity contribution in [3.8, 4) is 0 Å². The van der Waals surface area contributed by atoms with Crippen LogP contribution < -0.4 is 4.90 Å². The molecule has 0 aliphatic heterocycles. The number of benzene rings is 2. The van der Waals surface area contributed by atoms with Crippen LogP contribution in [0, 0.1) is 5.92 Å². The molecule has 3 aromatic rings. The second-order valence-corrected chi connectivity index (χ2v) is 8.93. The summed E-state index contributed by atoms with van der Waals surface area (Å²) >= 11 is 5.97. The van der Waals surface area contributed by atoms with Crippen molar-refractivity contribution in [2.75, 3.05) is 12.0 Å². The predicted octanol–water partition coefficient (Wildman–Crippen LogP) is 5.72. The minimum Gasteiger partial charge on any atom is -0.500 e. The lowest BCUT2D eigenvalue weighted by molar-refractivity contribution is -0.119. The van der Waals surface area contributed by atoms with Crippen molar-refractivity contribution in [2.45, 2.75) is 19.3 Å². The topological polar surface area (TPSA) is 96.8 Å². The van der Waals surface area contributed by atoms with E-state index in [1.165, 1.54) is 36.4 Å². The predicted molar refractivity (Wildman–Crippen MR) is 141 cm³/mol. The maximum atomic E-state index is 13.8. The molecule has 8 heteroatoms. The van der Waals surface area contributed by atoms with Gasteiger partial charge in [0.25, 0.3) is 5.91 Å². The highest BCUT2D eigenvalue weighted by Gasteiger charge is 2.35. The number of carboxylic acid groups (broad SMARTS) is 1. The van der Waals surface area contributed by atoms with E-state index in [1.54, 1.807) is 36.5 Å². The summed E-state index contributed by atoms with van der Waals surface area (Å²) in [6.45, 7) is 0. The third-order valence-corrected chi connectivity index (χ3v) is 6.38. The number of methoxy groups -OCH3 is 1. The largest absolute Gasteiger partial charge is 0.500 e. The molecule has 0 saturated carbocycles. The number of rotatable bonds is 9. The molecule has 1 aromatic heterocycles. The normalized spacial score (nSPS) is 15.0. The number of ether oxygens (including phenoxy) is 1. The smallest absolute Gasteiger partial charge is 0.335 e. The first-order valence-electron chi connectivity index (χ1n) is 11.7. The van der Waals surface area contributed by atoms with Crippen LogP contribution in [0.15, 0.2) is 96.7 Å². The minimum atomic E-state index is -1.14. The highest BCUT2D eigenvalue weighted by molar-refractivity contribution is 6.30. The summed E-state index contributed by atoms with van der Waals surface area (Å²) in [6.07, 6.45) is 8.13. The van der Waals surface area contributed by atoms with E-state index in [4.69, 9.17) is 16.3 Å². The Bertz CT molecular complexity index is 1370. The molecule has 2 aromatic carbocycles. The van der Waals surface area contributed by atoms with Gasteiger partial charge in [0.15, 0.2) is 5.78 Å². The molecule has 1 aliphatic carbocycles. The number of carbonyl (C=O) groups is 3. The first-order chi connectivity index (χ1) is 17.9. The van der Waals surface area contributed by atoms with Crippen LogP contribution in [-0.4, -0.2) is 34.9 Å². The lowest BCUT2D eigenvalue weighted by Gasteiger charge is -2.30. The van der Waals surface area contributed by atoms with Crippen LogP contribution in [0.1, 0.15) is 39.1 Å². The Morgan fingerprint density at radius 1 is 1.05 bits per heavy atom. The molecule has 0 spiro atoms. The highest BCUT2D eigenvalue weighted by Crippen LogP contribution is 2.33. The monoisotopic (exact) mass is 516 g/mol. The fourth-order valence-electron chi connectivity index (χ4n) is 4.26. The number of amides is 1. The van der Waals surface area contributed by atoms with Crippen molar-refractivity contribution in [2.24, 2.45) is 5.92 Å². The molecule has 188 valence electrons. The fraction of sp³-hybridized carbons (Fsp3) is 0.172.